The second-order valence-corrected chi connectivity index (χ2v) is 10.8. The molecule has 1 amide bonds. The molecule has 170 valence electrons. The number of piperidine rings is 1. The van der Waals surface area contributed by atoms with Gasteiger partial charge in [-0.2, -0.15) is 9.29 Å². The Hall–Kier alpha value is -2.34. The first-order chi connectivity index (χ1) is 15.3. The molecule has 32 heavy (non-hydrogen) atoms. The van der Waals surface area contributed by atoms with Gasteiger partial charge in [-0.1, -0.05) is 23.7 Å². The van der Waals surface area contributed by atoms with Crippen molar-refractivity contribution in [3.63, 3.8) is 0 Å². The molecule has 4 rings (SSSR count). The zero-order chi connectivity index (χ0) is 22.9. The molecular weight excluding hydrogens is 479 g/mol. The van der Waals surface area contributed by atoms with Crippen LogP contribution < -0.4 is 5.32 Å². The third-order valence-corrected chi connectivity index (χ3v) is 8.71. The fourth-order valence-electron chi connectivity index (χ4n) is 3.40. The number of hydrogen-bond donors (Lipinski definition) is 1. The van der Waals surface area contributed by atoms with Gasteiger partial charge in [-0.25, -0.2) is 12.8 Å². The summed E-state index contributed by atoms with van der Waals surface area (Å²) in [6.45, 7) is 2.26. The minimum absolute atomic E-state index is 0.0541. The topological polar surface area (TPSA) is 105 Å². The normalized spacial score (nSPS) is 17.4. The molecule has 0 saturated carbocycles. The highest BCUT2D eigenvalue weighted by Gasteiger charge is 2.34. The van der Waals surface area contributed by atoms with Crippen LogP contribution in [0.1, 0.15) is 25.7 Å². The Bertz CT molecular complexity index is 1240. The zero-order valence-electron chi connectivity index (χ0n) is 17.0. The Kier molecular flexibility index (Phi) is 6.61. The van der Waals surface area contributed by atoms with Gasteiger partial charge < -0.3 is 9.84 Å². The molecule has 2 aromatic heterocycles. The van der Waals surface area contributed by atoms with Crippen LogP contribution in [0.25, 0.3) is 11.4 Å². The van der Waals surface area contributed by atoms with Gasteiger partial charge in [-0.3, -0.25) is 4.79 Å². The molecule has 3 heterocycles. The maximum atomic E-state index is 13.3. The van der Waals surface area contributed by atoms with Gasteiger partial charge in [0.25, 0.3) is 10.0 Å². The molecule has 0 radical (unpaired) electrons. The van der Waals surface area contributed by atoms with Crippen LogP contribution in [0.2, 0.25) is 5.02 Å². The van der Waals surface area contributed by atoms with Crippen molar-refractivity contribution < 1.29 is 22.1 Å². The standard InChI is InChI=1S/C20H20ClFN4O4S2/c1-2-17-24-19(25-30-17)13-8-18(31-11-13)32(28,29)26-7-3-4-12(10-26)20(27)23-14-5-6-16(22)15(21)9-14/h5-6,8-9,11-12H,2-4,7,10H2,1H3,(H,23,27). The average Bonchev–Trinajstić information content (AvgIpc) is 3.46. The summed E-state index contributed by atoms with van der Waals surface area (Å²) in [6, 6.07) is 5.42. The van der Waals surface area contributed by atoms with Crippen LogP contribution in [-0.2, 0) is 21.2 Å². The highest BCUT2D eigenvalue weighted by atomic mass is 35.5. The molecule has 0 bridgehead atoms. The van der Waals surface area contributed by atoms with Gasteiger partial charge in [-0.05, 0) is 37.1 Å². The zero-order valence-corrected chi connectivity index (χ0v) is 19.4. The number of anilines is 1. The summed E-state index contributed by atoms with van der Waals surface area (Å²) in [5, 5.41) is 8.14. The van der Waals surface area contributed by atoms with Crippen molar-refractivity contribution in [2.45, 2.75) is 30.4 Å². The first-order valence-corrected chi connectivity index (χ1v) is 12.6. The van der Waals surface area contributed by atoms with Gasteiger partial charge in [0, 0.05) is 36.1 Å². The van der Waals surface area contributed by atoms with Crippen LogP contribution in [0.3, 0.4) is 0 Å². The van der Waals surface area contributed by atoms with Gasteiger partial charge in [0.05, 0.1) is 10.9 Å². The summed E-state index contributed by atoms with van der Waals surface area (Å²) in [5.41, 5.74) is 0.923. The number of nitrogens with one attached hydrogen (secondary N) is 1. The van der Waals surface area contributed by atoms with Crippen molar-refractivity contribution in [2.75, 3.05) is 18.4 Å². The Labute approximate surface area is 193 Å². The number of sulfonamides is 1. The molecule has 1 saturated heterocycles. The Balaban J connectivity index is 1.47. The summed E-state index contributed by atoms with van der Waals surface area (Å²) >= 11 is 6.84. The van der Waals surface area contributed by atoms with E-state index in [-0.39, 0.29) is 21.7 Å². The number of aromatic nitrogens is 2. The molecule has 1 atom stereocenters. The first-order valence-electron chi connectivity index (χ1n) is 9.95. The van der Waals surface area contributed by atoms with Crippen LogP contribution >= 0.6 is 22.9 Å². The van der Waals surface area contributed by atoms with Gasteiger partial charge >= 0.3 is 0 Å². The number of hydrogen-bond acceptors (Lipinski definition) is 7. The molecule has 0 spiro atoms. The molecule has 1 unspecified atom stereocenters. The van der Waals surface area contributed by atoms with Crippen LogP contribution in [0.15, 0.2) is 38.4 Å². The number of carbonyl (C=O) groups excluding carboxylic acids is 1. The fourth-order valence-corrected chi connectivity index (χ4v) is 6.42. The number of thiophene rings is 1. The summed E-state index contributed by atoms with van der Waals surface area (Å²) in [6.07, 6.45) is 1.68. The SMILES string of the molecule is CCc1nc(-c2csc(S(=O)(=O)N3CCCC(C(=O)Nc4ccc(F)c(Cl)c4)C3)c2)no1. The number of rotatable bonds is 6. The third-order valence-electron chi connectivity index (χ3n) is 5.14. The van der Waals surface area contributed by atoms with E-state index >= 15 is 0 Å². The van der Waals surface area contributed by atoms with Gasteiger partial charge in [0.1, 0.15) is 10.0 Å². The molecule has 0 aliphatic carbocycles. The lowest BCUT2D eigenvalue weighted by molar-refractivity contribution is -0.120. The van der Waals surface area contributed by atoms with E-state index in [1.54, 1.807) is 5.38 Å². The van der Waals surface area contributed by atoms with Crippen molar-refractivity contribution in [3.8, 4) is 11.4 Å². The van der Waals surface area contributed by atoms with Gasteiger partial charge in [0.15, 0.2) is 0 Å². The van der Waals surface area contributed by atoms with Crippen molar-refractivity contribution >= 4 is 44.6 Å². The van der Waals surface area contributed by atoms with Crippen molar-refractivity contribution in [3.05, 3.63) is 46.4 Å². The second kappa shape index (κ2) is 9.26. The number of nitrogens with zero attached hydrogens (tertiary/aromatic N) is 3. The number of benzene rings is 1. The van der Waals surface area contributed by atoms with Crippen LogP contribution in [0.5, 0.6) is 0 Å². The molecule has 3 aromatic rings. The van der Waals surface area contributed by atoms with E-state index in [4.69, 9.17) is 16.1 Å². The summed E-state index contributed by atoms with van der Waals surface area (Å²) in [4.78, 5) is 16.9. The molecule has 1 aromatic carbocycles. The molecule has 8 nitrogen and oxygen atoms in total. The second-order valence-electron chi connectivity index (χ2n) is 7.34. The maximum Gasteiger partial charge on any atom is 0.252 e. The predicted molar refractivity (Wildman–Crippen MR) is 119 cm³/mol. The molecule has 1 aliphatic rings. The van der Waals surface area contributed by atoms with Crippen molar-refractivity contribution in [1.82, 2.24) is 14.4 Å². The van der Waals surface area contributed by atoms with Crippen LogP contribution in [-0.4, -0.2) is 41.9 Å². The van der Waals surface area contributed by atoms with E-state index in [1.165, 1.54) is 22.5 Å². The number of halogens is 2. The van der Waals surface area contributed by atoms with E-state index in [1.807, 2.05) is 6.92 Å². The highest BCUT2D eigenvalue weighted by molar-refractivity contribution is 7.91. The molecule has 1 aliphatic heterocycles. The fraction of sp³-hybridized carbons (Fsp3) is 0.350. The summed E-state index contributed by atoms with van der Waals surface area (Å²) in [5.74, 6) is -0.637. The Morgan fingerprint density at radius 3 is 2.94 bits per heavy atom. The molecule has 1 fully saturated rings. The quantitative estimate of drug-likeness (QED) is 0.546. The maximum absolute atomic E-state index is 13.3. The Morgan fingerprint density at radius 1 is 1.41 bits per heavy atom. The minimum Gasteiger partial charge on any atom is -0.339 e. The van der Waals surface area contributed by atoms with Crippen LogP contribution in [0.4, 0.5) is 10.1 Å². The lowest BCUT2D eigenvalue weighted by Crippen LogP contribution is -2.43. The monoisotopic (exact) mass is 498 g/mol. The predicted octanol–water partition coefficient (Wildman–Crippen LogP) is 4.19. The number of aryl methyl sites for hydroxylation is 1. The average molecular weight is 499 g/mol. The van der Waals surface area contributed by atoms with Crippen molar-refractivity contribution in [2.24, 2.45) is 5.92 Å². The number of amides is 1. The smallest absolute Gasteiger partial charge is 0.252 e. The minimum atomic E-state index is -3.78. The van der Waals surface area contributed by atoms with E-state index in [0.29, 0.717) is 48.8 Å². The van der Waals surface area contributed by atoms with Crippen molar-refractivity contribution in [1.29, 1.82) is 0 Å². The Morgan fingerprint density at radius 2 is 2.22 bits per heavy atom. The lowest BCUT2D eigenvalue weighted by atomic mass is 9.99. The molecule has 1 N–H and O–H groups in total. The summed E-state index contributed by atoms with van der Waals surface area (Å²) in [7, 11) is -3.78. The first kappa shape index (κ1) is 22.8. The van der Waals surface area contributed by atoms with E-state index in [0.717, 1.165) is 17.4 Å². The van der Waals surface area contributed by atoms with E-state index in [2.05, 4.69) is 15.5 Å². The van der Waals surface area contributed by atoms with E-state index in [9.17, 15) is 17.6 Å². The molecular formula is C20H20ClFN4O4S2. The molecule has 12 heteroatoms. The van der Waals surface area contributed by atoms with Gasteiger partial charge in [-0.15, -0.1) is 11.3 Å². The largest absolute Gasteiger partial charge is 0.339 e. The summed E-state index contributed by atoms with van der Waals surface area (Å²) < 4.78 is 46.3. The lowest BCUT2D eigenvalue weighted by Gasteiger charge is -2.30. The van der Waals surface area contributed by atoms with Gasteiger partial charge in [0.2, 0.25) is 17.6 Å². The highest BCUT2D eigenvalue weighted by Crippen LogP contribution is 2.31. The van der Waals surface area contributed by atoms with Crippen LogP contribution in [0, 0.1) is 11.7 Å². The third kappa shape index (κ3) is 4.70. The number of carbonyl (C=O) groups is 1. The van der Waals surface area contributed by atoms with E-state index < -0.39 is 21.8 Å².